The first kappa shape index (κ1) is 14.1. The Labute approximate surface area is 129 Å². The second-order valence-corrected chi connectivity index (χ2v) is 5.90. The average Bonchev–Trinajstić information content (AvgIpc) is 2.79. The molecule has 0 amide bonds. The van der Waals surface area contributed by atoms with E-state index in [0.29, 0.717) is 0 Å². The van der Waals surface area contributed by atoms with Crippen LogP contribution in [0.3, 0.4) is 0 Å². The number of aromatic nitrogens is 2. The van der Waals surface area contributed by atoms with Gasteiger partial charge in [-0.1, -0.05) is 23.7 Å². The zero-order chi connectivity index (χ0) is 14.8. The van der Waals surface area contributed by atoms with Crippen LogP contribution in [-0.4, -0.2) is 15.6 Å². The summed E-state index contributed by atoms with van der Waals surface area (Å²) in [4.78, 5) is 4.52. The fourth-order valence-electron chi connectivity index (χ4n) is 2.61. The Kier molecular flexibility index (Phi) is 3.95. The lowest BCUT2D eigenvalue weighted by atomic mass is 10.1. The maximum atomic E-state index is 5.95. The van der Waals surface area contributed by atoms with Crippen molar-refractivity contribution in [3.8, 4) is 0 Å². The SMILES string of the molecule is CC(N)Cc1cn(Cc2ccc(Cl)cc2)c2ncccc12. The Morgan fingerprint density at radius 2 is 2.00 bits per heavy atom. The molecule has 2 N–H and O–H groups in total. The van der Waals surface area contributed by atoms with E-state index in [1.807, 2.05) is 43.5 Å². The average molecular weight is 300 g/mol. The lowest BCUT2D eigenvalue weighted by Crippen LogP contribution is -2.17. The van der Waals surface area contributed by atoms with Gasteiger partial charge in [-0.05, 0) is 48.7 Å². The quantitative estimate of drug-likeness (QED) is 0.799. The van der Waals surface area contributed by atoms with E-state index in [0.717, 1.165) is 23.6 Å². The van der Waals surface area contributed by atoms with E-state index in [2.05, 4.69) is 21.8 Å². The van der Waals surface area contributed by atoms with E-state index in [9.17, 15) is 0 Å². The van der Waals surface area contributed by atoms with Crippen LogP contribution >= 0.6 is 11.6 Å². The topological polar surface area (TPSA) is 43.8 Å². The smallest absolute Gasteiger partial charge is 0.140 e. The number of hydrogen-bond acceptors (Lipinski definition) is 2. The van der Waals surface area contributed by atoms with Gasteiger partial charge >= 0.3 is 0 Å². The highest BCUT2D eigenvalue weighted by molar-refractivity contribution is 6.30. The van der Waals surface area contributed by atoms with Crippen molar-refractivity contribution in [1.29, 1.82) is 0 Å². The van der Waals surface area contributed by atoms with Crippen molar-refractivity contribution < 1.29 is 0 Å². The molecular weight excluding hydrogens is 282 g/mol. The van der Waals surface area contributed by atoms with E-state index in [-0.39, 0.29) is 6.04 Å². The maximum Gasteiger partial charge on any atom is 0.140 e. The van der Waals surface area contributed by atoms with Gasteiger partial charge < -0.3 is 10.3 Å². The Balaban J connectivity index is 2.00. The molecule has 0 radical (unpaired) electrons. The molecule has 0 aliphatic carbocycles. The minimum Gasteiger partial charge on any atom is -0.328 e. The maximum absolute atomic E-state index is 5.95. The number of hydrogen-bond donors (Lipinski definition) is 1. The van der Waals surface area contributed by atoms with Crippen LogP contribution in [0.15, 0.2) is 48.8 Å². The van der Waals surface area contributed by atoms with Crippen molar-refractivity contribution in [3.63, 3.8) is 0 Å². The van der Waals surface area contributed by atoms with Gasteiger partial charge in [0.1, 0.15) is 5.65 Å². The van der Waals surface area contributed by atoms with Gasteiger partial charge in [0, 0.05) is 35.4 Å². The normalized spacial score (nSPS) is 12.7. The fraction of sp³-hybridized carbons (Fsp3) is 0.235. The van der Waals surface area contributed by atoms with Gasteiger partial charge in [0.05, 0.1) is 0 Å². The Bertz CT molecular complexity index is 744. The zero-order valence-electron chi connectivity index (χ0n) is 12.0. The molecule has 4 heteroatoms. The number of nitrogens with two attached hydrogens (primary N) is 1. The Morgan fingerprint density at radius 3 is 2.71 bits per heavy atom. The molecule has 21 heavy (non-hydrogen) atoms. The molecule has 3 aromatic rings. The lowest BCUT2D eigenvalue weighted by Gasteiger charge is -2.05. The first-order chi connectivity index (χ1) is 10.1. The standard InChI is InChI=1S/C17H18ClN3/c1-12(19)9-14-11-21(17-16(14)3-2-8-20-17)10-13-4-6-15(18)7-5-13/h2-8,11-12H,9-10,19H2,1H3. The predicted molar refractivity (Wildman–Crippen MR) is 87.6 cm³/mol. The molecule has 1 aromatic carbocycles. The van der Waals surface area contributed by atoms with Gasteiger partial charge in [-0.25, -0.2) is 4.98 Å². The van der Waals surface area contributed by atoms with Gasteiger partial charge in [-0.15, -0.1) is 0 Å². The van der Waals surface area contributed by atoms with Crippen molar-refractivity contribution in [2.75, 3.05) is 0 Å². The van der Waals surface area contributed by atoms with Gasteiger partial charge in [-0.3, -0.25) is 0 Å². The summed E-state index contributed by atoms with van der Waals surface area (Å²) in [5.41, 5.74) is 9.41. The number of nitrogens with zero attached hydrogens (tertiary/aromatic N) is 2. The van der Waals surface area contributed by atoms with Crippen LogP contribution in [0.25, 0.3) is 11.0 Å². The van der Waals surface area contributed by atoms with Crippen molar-refractivity contribution in [2.24, 2.45) is 5.73 Å². The van der Waals surface area contributed by atoms with E-state index < -0.39 is 0 Å². The third-order valence-electron chi connectivity index (χ3n) is 3.52. The van der Waals surface area contributed by atoms with Crippen molar-refractivity contribution in [1.82, 2.24) is 9.55 Å². The third-order valence-corrected chi connectivity index (χ3v) is 3.78. The third kappa shape index (κ3) is 3.09. The summed E-state index contributed by atoms with van der Waals surface area (Å²) in [5.74, 6) is 0. The molecule has 0 bridgehead atoms. The number of rotatable bonds is 4. The van der Waals surface area contributed by atoms with Crippen LogP contribution in [0, 0.1) is 0 Å². The summed E-state index contributed by atoms with van der Waals surface area (Å²) < 4.78 is 2.18. The second kappa shape index (κ2) is 5.88. The van der Waals surface area contributed by atoms with E-state index >= 15 is 0 Å². The van der Waals surface area contributed by atoms with Crippen molar-refractivity contribution in [2.45, 2.75) is 25.9 Å². The molecule has 108 valence electrons. The van der Waals surface area contributed by atoms with Crippen molar-refractivity contribution >= 4 is 22.6 Å². The van der Waals surface area contributed by atoms with E-state index in [4.69, 9.17) is 17.3 Å². The molecule has 0 aliphatic rings. The van der Waals surface area contributed by atoms with Gasteiger partial charge in [0.25, 0.3) is 0 Å². The molecule has 1 atom stereocenters. The highest BCUT2D eigenvalue weighted by Gasteiger charge is 2.11. The molecule has 0 fully saturated rings. The number of pyridine rings is 1. The monoisotopic (exact) mass is 299 g/mol. The van der Waals surface area contributed by atoms with E-state index in [1.54, 1.807) is 0 Å². The Morgan fingerprint density at radius 1 is 1.24 bits per heavy atom. The predicted octanol–water partition coefficient (Wildman–Crippen LogP) is 3.63. The van der Waals surface area contributed by atoms with Crippen LogP contribution in [-0.2, 0) is 13.0 Å². The molecule has 3 rings (SSSR count). The summed E-state index contributed by atoms with van der Waals surface area (Å²) in [6.07, 6.45) is 4.85. The first-order valence-electron chi connectivity index (χ1n) is 7.06. The van der Waals surface area contributed by atoms with Crippen LogP contribution in [0.4, 0.5) is 0 Å². The van der Waals surface area contributed by atoms with Gasteiger partial charge in [0.15, 0.2) is 0 Å². The Hall–Kier alpha value is -1.84. The number of halogens is 1. The first-order valence-corrected chi connectivity index (χ1v) is 7.44. The summed E-state index contributed by atoms with van der Waals surface area (Å²) in [7, 11) is 0. The van der Waals surface area contributed by atoms with Crippen molar-refractivity contribution in [3.05, 3.63) is 64.9 Å². The zero-order valence-corrected chi connectivity index (χ0v) is 12.7. The molecule has 2 heterocycles. The van der Waals surface area contributed by atoms with Gasteiger partial charge in [-0.2, -0.15) is 0 Å². The van der Waals surface area contributed by atoms with E-state index in [1.165, 1.54) is 16.5 Å². The molecule has 0 aliphatic heterocycles. The van der Waals surface area contributed by atoms with Crippen LogP contribution in [0.2, 0.25) is 5.02 Å². The molecule has 1 unspecified atom stereocenters. The minimum atomic E-state index is 0.139. The van der Waals surface area contributed by atoms with Crippen LogP contribution < -0.4 is 5.73 Å². The molecule has 3 nitrogen and oxygen atoms in total. The summed E-state index contributed by atoms with van der Waals surface area (Å²) in [5, 5.41) is 1.94. The molecule has 0 saturated heterocycles. The van der Waals surface area contributed by atoms with Crippen LogP contribution in [0.5, 0.6) is 0 Å². The summed E-state index contributed by atoms with van der Waals surface area (Å²) in [6.45, 7) is 2.81. The minimum absolute atomic E-state index is 0.139. The second-order valence-electron chi connectivity index (χ2n) is 5.46. The number of fused-ring (bicyclic) bond motifs is 1. The summed E-state index contributed by atoms with van der Waals surface area (Å²) >= 11 is 5.94. The molecule has 2 aromatic heterocycles. The van der Waals surface area contributed by atoms with Gasteiger partial charge in [0.2, 0.25) is 0 Å². The fourth-order valence-corrected chi connectivity index (χ4v) is 2.74. The largest absolute Gasteiger partial charge is 0.328 e. The molecule has 0 saturated carbocycles. The highest BCUT2D eigenvalue weighted by atomic mass is 35.5. The van der Waals surface area contributed by atoms with Crippen LogP contribution in [0.1, 0.15) is 18.1 Å². The molecule has 0 spiro atoms. The number of benzene rings is 1. The lowest BCUT2D eigenvalue weighted by molar-refractivity contribution is 0.734. The highest BCUT2D eigenvalue weighted by Crippen LogP contribution is 2.22. The molecular formula is C17H18ClN3. The summed E-state index contributed by atoms with van der Waals surface area (Å²) in [6, 6.07) is 12.1.